The number of nitrogens with zero attached hydrogens (tertiary/aromatic N) is 1. The maximum absolute atomic E-state index is 13.0. The number of anilines is 1. The number of amides is 1. The van der Waals surface area contributed by atoms with Gasteiger partial charge in [0.05, 0.1) is 0 Å². The van der Waals surface area contributed by atoms with Crippen LogP contribution in [0.25, 0.3) is 0 Å². The number of likely N-dealkylation sites (tertiary alicyclic amines) is 1. The van der Waals surface area contributed by atoms with Crippen molar-refractivity contribution in [2.24, 2.45) is 0 Å². The van der Waals surface area contributed by atoms with Crippen LogP contribution >= 0.6 is 0 Å². The highest BCUT2D eigenvalue weighted by Gasteiger charge is 2.31. The molecule has 0 aliphatic carbocycles. The van der Waals surface area contributed by atoms with Crippen LogP contribution in [0.5, 0.6) is 0 Å². The van der Waals surface area contributed by atoms with Gasteiger partial charge in [-0.15, -0.1) is 0 Å². The van der Waals surface area contributed by atoms with E-state index in [1.54, 1.807) is 0 Å². The molecule has 1 saturated heterocycles. The second kappa shape index (κ2) is 7.32. The Labute approximate surface area is 138 Å². The molecule has 0 spiro atoms. The summed E-state index contributed by atoms with van der Waals surface area (Å²) in [6.07, 6.45) is 2.23. The number of carbonyl (C=O) groups is 1. The van der Waals surface area contributed by atoms with Gasteiger partial charge < -0.3 is 10.2 Å². The number of benzene rings is 2. The molecule has 1 N–H and O–H groups in total. The van der Waals surface area contributed by atoms with Gasteiger partial charge in [-0.1, -0.05) is 55.5 Å². The third-order valence-corrected chi connectivity index (χ3v) is 4.61. The monoisotopic (exact) mass is 308 g/mol. The Morgan fingerprint density at radius 3 is 2.13 bits per heavy atom. The van der Waals surface area contributed by atoms with Gasteiger partial charge in [0.2, 0.25) is 5.91 Å². The zero-order chi connectivity index (χ0) is 16.1. The maximum atomic E-state index is 13.0. The van der Waals surface area contributed by atoms with Crippen LogP contribution in [0.1, 0.15) is 31.2 Å². The van der Waals surface area contributed by atoms with E-state index in [1.165, 1.54) is 5.56 Å². The largest absolute Gasteiger partial charge is 0.373 e. The van der Waals surface area contributed by atoms with E-state index in [0.717, 1.165) is 31.6 Å². The molecule has 2 atom stereocenters. The SMILES string of the molecule is C[C@@H](c1ccccc1)[C@H](Nc1ccccc1)C(=O)N1CCCC1. The van der Waals surface area contributed by atoms with Gasteiger partial charge in [-0.3, -0.25) is 4.79 Å². The smallest absolute Gasteiger partial charge is 0.245 e. The van der Waals surface area contributed by atoms with E-state index in [0.29, 0.717) is 0 Å². The van der Waals surface area contributed by atoms with E-state index in [2.05, 4.69) is 24.4 Å². The molecule has 2 aromatic carbocycles. The zero-order valence-corrected chi connectivity index (χ0v) is 13.6. The lowest BCUT2D eigenvalue weighted by atomic mass is 9.92. The van der Waals surface area contributed by atoms with Gasteiger partial charge in [0, 0.05) is 24.7 Å². The van der Waals surface area contributed by atoms with Crippen LogP contribution in [0, 0.1) is 0 Å². The van der Waals surface area contributed by atoms with E-state index in [1.807, 2.05) is 53.4 Å². The molecule has 120 valence electrons. The van der Waals surface area contributed by atoms with Crippen molar-refractivity contribution in [1.29, 1.82) is 0 Å². The van der Waals surface area contributed by atoms with Crippen molar-refractivity contribution in [3.63, 3.8) is 0 Å². The van der Waals surface area contributed by atoms with Crippen molar-refractivity contribution in [2.45, 2.75) is 31.7 Å². The van der Waals surface area contributed by atoms with Crippen LogP contribution in [0.4, 0.5) is 5.69 Å². The Bertz CT molecular complexity index is 621. The van der Waals surface area contributed by atoms with Crippen molar-refractivity contribution in [3.05, 3.63) is 66.2 Å². The van der Waals surface area contributed by atoms with Gasteiger partial charge in [-0.05, 0) is 30.5 Å². The maximum Gasteiger partial charge on any atom is 0.245 e. The zero-order valence-electron chi connectivity index (χ0n) is 13.6. The number of hydrogen-bond donors (Lipinski definition) is 1. The van der Waals surface area contributed by atoms with Crippen molar-refractivity contribution >= 4 is 11.6 Å². The van der Waals surface area contributed by atoms with E-state index < -0.39 is 0 Å². The summed E-state index contributed by atoms with van der Waals surface area (Å²) in [5.74, 6) is 0.326. The molecule has 1 aliphatic heterocycles. The molecular formula is C20H24N2O. The average Bonchev–Trinajstić information content (AvgIpc) is 3.15. The number of hydrogen-bond acceptors (Lipinski definition) is 2. The van der Waals surface area contributed by atoms with E-state index in [9.17, 15) is 4.79 Å². The van der Waals surface area contributed by atoms with Crippen molar-refractivity contribution < 1.29 is 4.79 Å². The highest BCUT2D eigenvalue weighted by atomic mass is 16.2. The first kappa shape index (κ1) is 15.6. The van der Waals surface area contributed by atoms with Crippen LogP contribution in [-0.4, -0.2) is 29.9 Å². The molecule has 3 rings (SSSR count). The number of nitrogens with one attached hydrogen (secondary N) is 1. The molecule has 0 bridgehead atoms. The van der Waals surface area contributed by atoms with Gasteiger partial charge in [-0.25, -0.2) is 0 Å². The summed E-state index contributed by atoms with van der Waals surface area (Å²) in [4.78, 5) is 15.0. The van der Waals surface area contributed by atoms with Gasteiger partial charge in [0.25, 0.3) is 0 Å². The fraction of sp³-hybridized carbons (Fsp3) is 0.350. The molecule has 0 saturated carbocycles. The topological polar surface area (TPSA) is 32.3 Å². The molecule has 0 radical (unpaired) electrons. The Morgan fingerprint density at radius 1 is 0.957 bits per heavy atom. The first-order chi connectivity index (χ1) is 11.3. The van der Waals surface area contributed by atoms with Crippen LogP contribution in [-0.2, 0) is 4.79 Å². The van der Waals surface area contributed by atoms with Crippen molar-refractivity contribution in [1.82, 2.24) is 4.90 Å². The highest BCUT2D eigenvalue weighted by molar-refractivity contribution is 5.86. The first-order valence-corrected chi connectivity index (χ1v) is 8.41. The van der Waals surface area contributed by atoms with Crippen molar-refractivity contribution in [2.75, 3.05) is 18.4 Å². The Hall–Kier alpha value is -2.29. The van der Waals surface area contributed by atoms with Gasteiger partial charge in [-0.2, -0.15) is 0 Å². The second-order valence-electron chi connectivity index (χ2n) is 6.22. The standard InChI is InChI=1S/C20H24N2O/c1-16(17-10-4-2-5-11-17)19(20(23)22-14-8-9-15-22)21-18-12-6-3-7-13-18/h2-7,10-13,16,19,21H,8-9,14-15H2,1H3/t16-,19-/m0/s1. The molecular weight excluding hydrogens is 284 g/mol. The number of para-hydroxylation sites is 1. The summed E-state index contributed by atoms with van der Waals surface area (Å²) in [6, 6.07) is 20.0. The minimum absolute atomic E-state index is 0.115. The molecule has 2 aromatic rings. The van der Waals surface area contributed by atoms with Crippen LogP contribution in [0.15, 0.2) is 60.7 Å². The molecule has 23 heavy (non-hydrogen) atoms. The fourth-order valence-corrected chi connectivity index (χ4v) is 3.20. The van der Waals surface area contributed by atoms with Crippen LogP contribution in [0.2, 0.25) is 0 Å². The molecule has 3 nitrogen and oxygen atoms in total. The first-order valence-electron chi connectivity index (χ1n) is 8.41. The lowest BCUT2D eigenvalue weighted by Gasteiger charge is -2.29. The highest BCUT2D eigenvalue weighted by Crippen LogP contribution is 2.25. The Morgan fingerprint density at radius 2 is 1.52 bits per heavy atom. The molecule has 0 unspecified atom stereocenters. The van der Waals surface area contributed by atoms with Crippen LogP contribution in [0.3, 0.4) is 0 Å². The summed E-state index contributed by atoms with van der Waals surface area (Å²) >= 11 is 0. The van der Waals surface area contributed by atoms with Gasteiger partial charge in [0.15, 0.2) is 0 Å². The minimum atomic E-state index is -0.238. The predicted octanol–water partition coefficient (Wildman–Crippen LogP) is 3.89. The predicted molar refractivity (Wildman–Crippen MR) is 94.5 cm³/mol. The second-order valence-corrected chi connectivity index (χ2v) is 6.22. The van der Waals surface area contributed by atoms with E-state index >= 15 is 0 Å². The van der Waals surface area contributed by atoms with E-state index in [4.69, 9.17) is 0 Å². The summed E-state index contributed by atoms with van der Waals surface area (Å²) in [5, 5.41) is 3.46. The number of carbonyl (C=O) groups excluding carboxylic acids is 1. The van der Waals surface area contributed by atoms with Crippen LogP contribution < -0.4 is 5.32 Å². The summed E-state index contributed by atoms with van der Waals surface area (Å²) < 4.78 is 0. The summed E-state index contributed by atoms with van der Waals surface area (Å²) in [7, 11) is 0. The van der Waals surface area contributed by atoms with E-state index in [-0.39, 0.29) is 17.9 Å². The van der Waals surface area contributed by atoms with Gasteiger partial charge >= 0.3 is 0 Å². The Kier molecular flexibility index (Phi) is 4.96. The number of rotatable bonds is 5. The average molecular weight is 308 g/mol. The molecule has 3 heteroatoms. The molecule has 1 fully saturated rings. The molecule has 0 aromatic heterocycles. The third kappa shape index (κ3) is 3.73. The summed E-state index contributed by atoms with van der Waals surface area (Å²) in [5.41, 5.74) is 2.18. The third-order valence-electron chi connectivity index (χ3n) is 4.61. The molecule has 1 aliphatic rings. The quantitative estimate of drug-likeness (QED) is 0.908. The van der Waals surface area contributed by atoms with Gasteiger partial charge in [0.1, 0.15) is 6.04 Å². The molecule has 1 amide bonds. The van der Waals surface area contributed by atoms with Crippen molar-refractivity contribution in [3.8, 4) is 0 Å². The Balaban J connectivity index is 1.84. The summed E-state index contributed by atoms with van der Waals surface area (Å²) in [6.45, 7) is 3.89. The normalized spacial score (nSPS) is 16.8. The molecule has 1 heterocycles. The lowest BCUT2D eigenvalue weighted by Crippen LogP contribution is -2.44. The fourth-order valence-electron chi connectivity index (χ4n) is 3.20. The lowest BCUT2D eigenvalue weighted by molar-refractivity contribution is -0.131. The minimum Gasteiger partial charge on any atom is -0.373 e.